The molecular formula is C15H15O2. The van der Waals surface area contributed by atoms with Gasteiger partial charge < -0.3 is 4.74 Å². The SMILES string of the molecule is COC(C[O])c1ccccc1-c1ccccc1. The Balaban J connectivity index is 2.48. The van der Waals surface area contributed by atoms with Crippen molar-refractivity contribution in [1.82, 2.24) is 0 Å². The average Bonchev–Trinajstić information content (AvgIpc) is 2.42. The third-order valence-electron chi connectivity index (χ3n) is 2.83. The maximum atomic E-state index is 11.1. The topological polar surface area (TPSA) is 29.1 Å². The minimum Gasteiger partial charge on any atom is -0.374 e. The van der Waals surface area contributed by atoms with Gasteiger partial charge in [-0.3, -0.25) is 0 Å². The van der Waals surface area contributed by atoms with E-state index in [1.807, 2.05) is 54.6 Å². The van der Waals surface area contributed by atoms with E-state index >= 15 is 0 Å². The van der Waals surface area contributed by atoms with Crippen molar-refractivity contribution in [3.05, 3.63) is 60.2 Å². The summed E-state index contributed by atoms with van der Waals surface area (Å²) in [6.07, 6.45) is -0.383. The smallest absolute Gasteiger partial charge is 0.113 e. The lowest BCUT2D eigenvalue weighted by molar-refractivity contribution is 0.0197. The van der Waals surface area contributed by atoms with Crippen molar-refractivity contribution in [1.29, 1.82) is 0 Å². The molecule has 0 aliphatic carbocycles. The van der Waals surface area contributed by atoms with Crippen molar-refractivity contribution in [3.63, 3.8) is 0 Å². The Hall–Kier alpha value is -1.64. The van der Waals surface area contributed by atoms with Crippen LogP contribution in [0.3, 0.4) is 0 Å². The summed E-state index contributed by atoms with van der Waals surface area (Å²) in [5, 5.41) is 11.1. The summed E-state index contributed by atoms with van der Waals surface area (Å²) in [7, 11) is 1.57. The predicted molar refractivity (Wildman–Crippen MR) is 67.2 cm³/mol. The zero-order valence-electron chi connectivity index (χ0n) is 9.80. The molecule has 0 bridgehead atoms. The molecule has 17 heavy (non-hydrogen) atoms. The van der Waals surface area contributed by atoms with E-state index in [0.717, 1.165) is 16.7 Å². The molecule has 0 saturated heterocycles. The number of benzene rings is 2. The van der Waals surface area contributed by atoms with Crippen molar-refractivity contribution < 1.29 is 9.84 Å². The molecule has 87 valence electrons. The van der Waals surface area contributed by atoms with E-state index in [9.17, 15) is 5.11 Å². The van der Waals surface area contributed by atoms with E-state index in [2.05, 4.69) is 0 Å². The Labute approximate surface area is 101 Å². The van der Waals surface area contributed by atoms with Crippen LogP contribution < -0.4 is 0 Å². The van der Waals surface area contributed by atoms with Gasteiger partial charge in [0.2, 0.25) is 0 Å². The van der Waals surface area contributed by atoms with Crippen LogP contribution in [-0.4, -0.2) is 13.7 Å². The highest BCUT2D eigenvalue weighted by molar-refractivity contribution is 5.67. The summed E-state index contributed by atoms with van der Waals surface area (Å²) in [5.41, 5.74) is 3.13. The van der Waals surface area contributed by atoms with Gasteiger partial charge in [0.25, 0.3) is 0 Å². The molecule has 0 aromatic heterocycles. The molecule has 0 heterocycles. The molecule has 0 aliphatic heterocycles. The van der Waals surface area contributed by atoms with Crippen LogP contribution in [0, 0.1) is 0 Å². The Bertz CT molecular complexity index is 461. The van der Waals surface area contributed by atoms with Gasteiger partial charge in [-0.1, -0.05) is 54.6 Å². The summed E-state index contributed by atoms with van der Waals surface area (Å²) < 4.78 is 5.24. The van der Waals surface area contributed by atoms with Gasteiger partial charge in [-0.05, 0) is 16.7 Å². The van der Waals surface area contributed by atoms with Crippen molar-refractivity contribution >= 4 is 0 Å². The fourth-order valence-corrected chi connectivity index (χ4v) is 1.94. The Morgan fingerprint density at radius 2 is 1.65 bits per heavy atom. The van der Waals surface area contributed by atoms with E-state index in [1.165, 1.54) is 0 Å². The lowest BCUT2D eigenvalue weighted by atomic mass is 9.96. The Kier molecular flexibility index (Phi) is 3.91. The highest BCUT2D eigenvalue weighted by atomic mass is 16.5. The monoisotopic (exact) mass is 227 g/mol. The summed E-state index contributed by atoms with van der Waals surface area (Å²) in [5.74, 6) is 0. The predicted octanol–water partition coefficient (Wildman–Crippen LogP) is 3.47. The molecular weight excluding hydrogens is 212 g/mol. The average molecular weight is 227 g/mol. The molecule has 2 heteroatoms. The number of hydrogen-bond acceptors (Lipinski definition) is 1. The van der Waals surface area contributed by atoms with Crippen LogP contribution in [-0.2, 0) is 9.84 Å². The minimum absolute atomic E-state index is 0.264. The third kappa shape index (κ3) is 2.54. The number of hydrogen-bond donors (Lipinski definition) is 0. The lowest BCUT2D eigenvalue weighted by Crippen LogP contribution is -2.06. The van der Waals surface area contributed by atoms with E-state index in [0.29, 0.717) is 0 Å². The minimum atomic E-state index is -0.383. The first-order chi connectivity index (χ1) is 8.36. The van der Waals surface area contributed by atoms with Crippen LogP contribution in [0.4, 0.5) is 0 Å². The molecule has 0 spiro atoms. The van der Waals surface area contributed by atoms with Gasteiger partial charge in [-0.2, -0.15) is 0 Å². The van der Waals surface area contributed by atoms with Gasteiger partial charge in [0.1, 0.15) is 12.7 Å². The van der Waals surface area contributed by atoms with Crippen LogP contribution >= 0.6 is 0 Å². The fraction of sp³-hybridized carbons (Fsp3) is 0.200. The lowest BCUT2D eigenvalue weighted by Gasteiger charge is -2.16. The maximum absolute atomic E-state index is 11.1. The molecule has 0 fully saturated rings. The second-order valence-corrected chi connectivity index (χ2v) is 3.84. The van der Waals surface area contributed by atoms with Gasteiger partial charge in [-0.25, -0.2) is 5.11 Å². The third-order valence-corrected chi connectivity index (χ3v) is 2.83. The zero-order chi connectivity index (χ0) is 12.1. The fourth-order valence-electron chi connectivity index (χ4n) is 1.94. The van der Waals surface area contributed by atoms with Crippen LogP contribution in [0.15, 0.2) is 54.6 Å². The van der Waals surface area contributed by atoms with Gasteiger partial charge in [0.05, 0.1) is 0 Å². The van der Waals surface area contributed by atoms with Crippen molar-refractivity contribution in [2.75, 3.05) is 13.7 Å². The van der Waals surface area contributed by atoms with E-state index in [-0.39, 0.29) is 12.7 Å². The summed E-state index contributed by atoms with van der Waals surface area (Å²) >= 11 is 0. The molecule has 1 unspecified atom stereocenters. The Morgan fingerprint density at radius 1 is 1.00 bits per heavy atom. The van der Waals surface area contributed by atoms with Gasteiger partial charge in [-0.15, -0.1) is 0 Å². The summed E-state index contributed by atoms with van der Waals surface area (Å²) in [4.78, 5) is 0. The van der Waals surface area contributed by atoms with Crippen LogP contribution in [0.1, 0.15) is 11.7 Å². The molecule has 0 saturated carbocycles. The number of ether oxygens (including phenoxy) is 1. The van der Waals surface area contributed by atoms with Crippen LogP contribution in [0.5, 0.6) is 0 Å². The van der Waals surface area contributed by atoms with Gasteiger partial charge in [0.15, 0.2) is 0 Å². The molecule has 2 aromatic carbocycles. The highest BCUT2D eigenvalue weighted by Gasteiger charge is 2.14. The molecule has 0 N–H and O–H groups in total. The molecule has 2 rings (SSSR count). The first kappa shape index (κ1) is 11.8. The highest BCUT2D eigenvalue weighted by Crippen LogP contribution is 2.29. The zero-order valence-corrected chi connectivity index (χ0v) is 9.80. The van der Waals surface area contributed by atoms with E-state index < -0.39 is 0 Å². The summed E-state index contributed by atoms with van der Waals surface area (Å²) in [6.45, 7) is -0.264. The Morgan fingerprint density at radius 3 is 2.29 bits per heavy atom. The standard InChI is InChI=1S/C15H15O2/c1-17-15(11-16)14-10-6-5-9-13(14)12-7-3-2-4-8-12/h2-10,15H,11H2,1H3. The molecule has 2 nitrogen and oxygen atoms in total. The van der Waals surface area contributed by atoms with Gasteiger partial charge >= 0.3 is 0 Å². The van der Waals surface area contributed by atoms with Crippen molar-refractivity contribution in [2.45, 2.75) is 6.10 Å². The van der Waals surface area contributed by atoms with Crippen molar-refractivity contribution in [2.24, 2.45) is 0 Å². The second kappa shape index (κ2) is 5.62. The molecule has 1 radical (unpaired) electrons. The quantitative estimate of drug-likeness (QED) is 0.786. The van der Waals surface area contributed by atoms with E-state index in [1.54, 1.807) is 7.11 Å². The number of methoxy groups -OCH3 is 1. The maximum Gasteiger partial charge on any atom is 0.113 e. The van der Waals surface area contributed by atoms with Gasteiger partial charge in [0, 0.05) is 7.11 Å². The largest absolute Gasteiger partial charge is 0.374 e. The van der Waals surface area contributed by atoms with E-state index in [4.69, 9.17) is 4.74 Å². The normalized spacial score (nSPS) is 12.4. The molecule has 1 atom stereocenters. The number of rotatable bonds is 4. The molecule has 0 amide bonds. The first-order valence-electron chi connectivity index (χ1n) is 5.62. The second-order valence-electron chi connectivity index (χ2n) is 3.84. The van der Waals surface area contributed by atoms with Crippen molar-refractivity contribution in [3.8, 4) is 11.1 Å². The first-order valence-corrected chi connectivity index (χ1v) is 5.62. The summed E-state index contributed by atoms with van der Waals surface area (Å²) in [6, 6.07) is 17.9. The van der Waals surface area contributed by atoms with Crippen LogP contribution in [0.2, 0.25) is 0 Å². The molecule has 2 aromatic rings. The molecule has 0 aliphatic rings. The van der Waals surface area contributed by atoms with Crippen LogP contribution in [0.25, 0.3) is 11.1 Å².